The lowest BCUT2D eigenvalue weighted by Gasteiger charge is -2.59. The van der Waals surface area contributed by atoms with Crippen molar-refractivity contribution in [1.82, 2.24) is 4.90 Å². The molecule has 0 bridgehead atoms. The average Bonchev–Trinajstić information content (AvgIpc) is 3.34. The maximum atomic E-state index is 14.5. The Bertz CT molecular complexity index is 2210. The minimum atomic E-state index is -1.60. The zero-order valence-electron chi connectivity index (χ0n) is 38.7. The van der Waals surface area contributed by atoms with Gasteiger partial charge < -0.3 is 48.2 Å². The number of nitrogens with zero attached hydrogens (tertiary/aromatic N) is 2. The number of hydrogen-bond donors (Lipinski definition) is 3. The third kappa shape index (κ3) is 11.4. The quantitative estimate of drug-likeness (QED) is 0.0525. The Morgan fingerprint density at radius 3 is 2.46 bits per heavy atom. The fourth-order valence-corrected chi connectivity index (χ4v) is 10.1. The molecule has 3 aromatic rings. The number of aliphatic hydroxyl groups is 2. The van der Waals surface area contributed by atoms with Crippen LogP contribution in [0.5, 0.6) is 23.0 Å². The van der Waals surface area contributed by atoms with Crippen molar-refractivity contribution in [2.24, 2.45) is 22.9 Å². The number of allylic oxidation sites excluding steroid dienone is 1. The van der Waals surface area contributed by atoms with E-state index in [0.29, 0.717) is 72.9 Å². The molecule has 2 fully saturated rings. The first kappa shape index (κ1) is 49.2. The van der Waals surface area contributed by atoms with E-state index in [1.54, 1.807) is 60.4 Å². The summed E-state index contributed by atoms with van der Waals surface area (Å²) in [5, 5.41) is 27.6. The van der Waals surface area contributed by atoms with Gasteiger partial charge in [-0.25, -0.2) is 14.0 Å². The minimum absolute atomic E-state index is 0.0140. The number of unbranched alkanes of at least 4 members (excludes halogenated alkanes) is 2. The zero-order valence-corrected chi connectivity index (χ0v) is 38.7. The number of nitrogens with one attached hydrogen (secondary N) is 1. The molecule has 1 saturated carbocycles. The number of carbonyl (C=O) groups is 2. The van der Waals surface area contributed by atoms with Gasteiger partial charge in [0.05, 0.1) is 51.4 Å². The standard InChI is InChI=1S/C51H64FN3O12/c1-5-26-64-51-45(55(50(59)62-6-2)32-33-16-18-35(52)19-17-33)31-42(54-67-46-15-9-12-27-63-46)39-28-34(13-7-10-24-56)38(14-8-11-25-57)47(48(39)51)40-29-37(21-23-43(40)66-51)65-49(58)53-41-22-20-36(60-3)30-44(41)61-4/h5,16-23,28-30,34,38,45-48,56-57H,1,6-15,24-27,31-32H2,2-4H3,(H,53,58). The first-order valence-electron chi connectivity index (χ1n) is 23.4. The van der Waals surface area contributed by atoms with Crippen molar-refractivity contribution in [2.75, 3.05) is 52.6 Å². The lowest BCUT2D eigenvalue weighted by Crippen LogP contribution is -2.70. The second-order valence-corrected chi connectivity index (χ2v) is 17.2. The van der Waals surface area contributed by atoms with Gasteiger partial charge in [0.1, 0.15) is 34.9 Å². The van der Waals surface area contributed by atoms with Crippen LogP contribution in [-0.4, -0.2) is 98.4 Å². The summed E-state index contributed by atoms with van der Waals surface area (Å²) in [6, 6.07) is 15.3. The summed E-state index contributed by atoms with van der Waals surface area (Å²) in [6.45, 7) is 6.49. The molecule has 0 spiro atoms. The largest absolute Gasteiger partial charge is 0.497 e. The number of rotatable bonds is 21. The van der Waals surface area contributed by atoms with E-state index >= 15 is 0 Å². The highest BCUT2D eigenvalue weighted by Gasteiger charge is 2.65. The first-order valence-corrected chi connectivity index (χ1v) is 23.4. The number of aliphatic hydroxyl groups excluding tert-OH is 2. The van der Waals surface area contributed by atoms with Crippen LogP contribution in [0.25, 0.3) is 0 Å². The van der Waals surface area contributed by atoms with E-state index in [2.05, 4.69) is 18.0 Å². The minimum Gasteiger partial charge on any atom is -0.497 e. The van der Waals surface area contributed by atoms with Gasteiger partial charge in [0.2, 0.25) is 12.1 Å². The first-order chi connectivity index (χ1) is 32.7. The number of ether oxygens (including phenoxy) is 7. The van der Waals surface area contributed by atoms with Crippen molar-refractivity contribution >= 4 is 23.6 Å². The summed E-state index contributed by atoms with van der Waals surface area (Å²) in [6.07, 6.45) is 8.59. The second-order valence-electron chi connectivity index (χ2n) is 17.2. The maximum absolute atomic E-state index is 14.5. The SMILES string of the molecule is C=CCOC12Oc3ccc(OC(=O)Nc4ccc(OC)cc4OC)cc3C3C(CCCCO)C(CCCCO)C=C(C(=NOC4CCCCO4)CC1N(Cc1ccc(F)cc1)C(=O)OCC)C32. The number of halogens is 1. The van der Waals surface area contributed by atoms with E-state index in [0.717, 1.165) is 36.8 Å². The number of anilines is 1. The Kier molecular flexibility index (Phi) is 17.2. The molecule has 7 rings (SSSR count). The van der Waals surface area contributed by atoms with E-state index in [1.165, 1.54) is 26.4 Å². The Hall–Kier alpha value is -5.68. The zero-order chi connectivity index (χ0) is 47.3. The van der Waals surface area contributed by atoms with Gasteiger partial charge >= 0.3 is 12.2 Å². The van der Waals surface area contributed by atoms with Crippen molar-refractivity contribution in [1.29, 1.82) is 0 Å². The Balaban J connectivity index is 1.41. The predicted molar refractivity (Wildman–Crippen MR) is 248 cm³/mol. The fourth-order valence-electron chi connectivity index (χ4n) is 10.1. The molecule has 2 heterocycles. The lowest BCUT2D eigenvalue weighted by atomic mass is 9.55. The maximum Gasteiger partial charge on any atom is 0.417 e. The summed E-state index contributed by atoms with van der Waals surface area (Å²) >= 11 is 0. The second kappa shape index (κ2) is 23.4. The monoisotopic (exact) mass is 929 g/mol. The van der Waals surface area contributed by atoms with Gasteiger partial charge in [-0.3, -0.25) is 10.2 Å². The van der Waals surface area contributed by atoms with Gasteiger partial charge in [-0.15, -0.1) is 6.58 Å². The predicted octanol–water partition coefficient (Wildman–Crippen LogP) is 9.27. The number of oxime groups is 1. The normalized spacial score (nSPS) is 24.5. The summed E-state index contributed by atoms with van der Waals surface area (Å²) < 4.78 is 57.2. The third-order valence-electron chi connectivity index (χ3n) is 13.1. The molecule has 362 valence electrons. The molecule has 2 aliphatic carbocycles. The van der Waals surface area contributed by atoms with Gasteiger partial charge in [0.25, 0.3) is 0 Å². The Morgan fingerprint density at radius 1 is 0.985 bits per heavy atom. The molecule has 7 unspecified atom stereocenters. The molecule has 2 amide bonds. The Labute approximate surface area is 391 Å². The Morgan fingerprint density at radius 2 is 1.76 bits per heavy atom. The summed E-state index contributed by atoms with van der Waals surface area (Å²) in [7, 11) is 3.03. The van der Waals surface area contributed by atoms with Gasteiger partial charge in [-0.2, -0.15) is 0 Å². The third-order valence-corrected chi connectivity index (χ3v) is 13.1. The molecule has 3 N–H and O–H groups in total. The van der Waals surface area contributed by atoms with Crippen molar-refractivity contribution in [2.45, 2.75) is 102 Å². The van der Waals surface area contributed by atoms with Crippen LogP contribution in [0.3, 0.4) is 0 Å². The molecule has 67 heavy (non-hydrogen) atoms. The van der Waals surface area contributed by atoms with Crippen molar-refractivity contribution < 1.29 is 62.2 Å². The molecular weight excluding hydrogens is 866 g/mol. The number of fused-ring (bicyclic) bond motifs is 2. The van der Waals surface area contributed by atoms with Crippen LogP contribution in [0.15, 0.2) is 90.1 Å². The van der Waals surface area contributed by atoms with Crippen LogP contribution in [0, 0.1) is 23.6 Å². The van der Waals surface area contributed by atoms with E-state index in [1.807, 2.05) is 6.07 Å². The van der Waals surface area contributed by atoms with Gasteiger partial charge in [-0.1, -0.05) is 42.3 Å². The summed E-state index contributed by atoms with van der Waals surface area (Å²) in [5.41, 5.74) is 3.17. The van der Waals surface area contributed by atoms with Gasteiger partial charge in [-0.05, 0) is 111 Å². The highest BCUT2D eigenvalue weighted by molar-refractivity contribution is 6.03. The lowest BCUT2D eigenvalue weighted by molar-refractivity contribution is -0.256. The number of amides is 2. The van der Waals surface area contributed by atoms with Crippen LogP contribution in [0.2, 0.25) is 0 Å². The van der Waals surface area contributed by atoms with Gasteiger partial charge in [0, 0.05) is 50.1 Å². The molecule has 16 heteroatoms. The van der Waals surface area contributed by atoms with Crippen molar-refractivity contribution in [3.8, 4) is 23.0 Å². The highest BCUT2D eigenvalue weighted by atomic mass is 19.1. The topological polar surface area (TPSA) is 176 Å². The van der Waals surface area contributed by atoms with Crippen LogP contribution < -0.4 is 24.3 Å². The molecule has 1 saturated heterocycles. The number of methoxy groups -OCH3 is 2. The van der Waals surface area contributed by atoms with E-state index < -0.39 is 48.0 Å². The van der Waals surface area contributed by atoms with Crippen LogP contribution in [0.4, 0.5) is 19.7 Å². The molecular formula is C51H64FN3O12. The molecule has 3 aromatic carbocycles. The smallest absolute Gasteiger partial charge is 0.417 e. The number of carbonyl (C=O) groups excluding carboxylic acids is 2. The molecule has 4 aliphatic rings. The molecule has 7 atom stereocenters. The van der Waals surface area contributed by atoms with Crippen molar-refractivity contribution in [3.63, 3.8) is 0 Å². The van der Waals surface area contributed by atoms with E-state index in [9.17, 15) is 24.2 Å². The fraction of sp³-hybridized carbons (Fsp3) is 0.510. The molecule has 2 aliphatic heterocycles. The van der Waals surface area contributed by atoms with Gasteiger partial charge in [0.15, 0.2) is 0 Å². The van der Waals surface area contributed by atoms with Crippen LogP contribution in [0.1, 0.15) is 88.2 Å². The van der Waals surface area contributed by atoms with E-state index in [4.69, 9.17) is 43.2 Å². The molecule has 15 nitrogen and oxygen atoms in total. The number of hydrogen-bond acceptors (Lipinski definition) is 13. The molecule has 0 radical (unpaired) electrons. The van der Waals surface area contributed by atoms with Crippen LogP contribution in [-0.2, 0) is 25.6 Å². The summed E-state index contributed by atoms with van der Waals surface area (Å²) in [5.74, 6) is -1.59. The van der Waals surface area contributed by atoms with Crippen LogP contribution >= 0.6 is 0 Å². The summed E-state index contributed by atoms with van der Waals surface area (Å²) in [4.78, 5) is 35.9. The van der Waals surface area contributed by atoms with Crippen molar-refractivity contribution in [3.05, 3.63) is 102 Å². The number of benzene rings is 3. The molecule has 0 aromatic heterocycles. The van der Waals surface area contributed by atoms with E-state index in [-0.39, 0.29) is 57.0 Å². The highest BCUT2D eigenvalue weighted by Crippen LogP contribution is 2.62. The average molecular weight is 930 g/mol.